The zero-order chi connectivity index (χ0) is 15.4. The fourth-order valence-electron chi connectivity index (χ4n) is 2.20. The van der Waals surface area contributed by atoms with E-state index in [1.807, 2.05) is 6.07 Å². The lowest BCUT2D eigenvalue weighted by molar-refractivity contribution is -0.138. The SMILES string of the molecule is N#Cc1cc(Br)ccc1O[C@H]1CCN(C(=O)CO)C[C@@H]1F. The fraction of sp³-hybridized carbons (Fsp3) is 0.429. The number of hydrogen-bond acceptors (Lipinski definition) is 4. The number of ether oxygens (including phenoxy) is 1. The van der Waals surface area contributed by atoms with Gasteiger partial charge in [0.1, 0.15) is 24.5 Å². The van der Waals surface area contributed by atoms with Gasteiger partial charge in [-0.15, -0.1) is 0 Å². The van der Waals surface area contributed by atoms with Gasteiger partial charge in [0, 0.05) is 17.4 Å². The molecule has 1 aliphatic rings. The van der Waals surface area contributed by atoms with E-state index in [-0.39, 0.29) is 6.54 Å². The first-order valence-corrected chi connectivity index (χ1v) is 7.23. The second-order valence-corrected chi connectivity index (χ2v) is 5.63. The van der Waals surface area contributed by atoms with Crippen molar-refractivity contribution in [3.8, 4) is 11.8 Å². The molecule has 2 rings (SSSR count). The zero-order valence-electron chi connectivity index (χ0n) is 11.1. The van der Waals surface area contributed by atoms with Gasteiger partial charge < -0.3 is 14.7 Å². The standard InChI is InChI=1S/C14H14BrFN2O3/c15-10-1-2-12(9(5-10)6-17)21-13-3-4-18(7-11(13)16)14(20)8-19/h1-2,5,11,13,19H,3-4,7-8H2/t11-,13-/m0/s1. The fourth-order valence-corrected chi connectivity index (χ4v) is 2.56. The number of aliphatic hydroxyl groups excluding tert-OH is 1. The molecule has 0 bridgehead atoms. The third kappa shape index (κ3) is 3.71. The molecule has 1 aromatic carbocycles. The number of rotatable bonds is 3. The molecule has 0 aliphatic carbocycles. The van der Waals surface area contributed by atoms with E-state index in [0.29, 0.717) is 24.3 Å². The molecule has 1 aromatic rings. The van der Waals surface area contributed by atoms with E-state index < -0.39 is 24.8 Å². The lowest BCUT2D eigenvalue weighted by Crippen LogP contribution is -2.50. The molecule has 1 N–H and O–H groups in total. The number of amides is 1. The smallest absolute Gasteiger partial charge is 0.248 e. The molecule has 1 fully saturated rings. The molecule has 0 radical (unpaired) electrons. The highest BCUT2D eigenvalue weighted by Gasteiger charge is 2.33. The summed E-state index contributed by atoms with van der Waals surface area (Å²) >= 11 is 3.26. The van der Waals surface area contributed by atoms with Gasteiger partial charge in [0.2, 0.25) is 5.91 Å². The van der Waals surface area contributed by atoms with E-state index in [1.54, 1.807) is 18.2 Å². The van der Waals surface area contributed by atoms with Crippen LogP contribution in [0.1, 0.15) is 12.0 Å². The number of alkyl halides is 1. The molecular formula is C14H14BrFN2O3. The maximum absolute atomic E-state index is 14.1. The Morgan fingerprint density at radius 3 is 3.00 bits per heavy atom. The molecule has 2 atom stereocenters. The lowest BCUT2D eigenvalue weighted by atomic mass is 10.1. The lowest BCUT2D eigenvalue weighted by Gasteiger charge is -2.34. The molecule has 1 heterocycles. The highest BCUT2D eigenvalue weighted by molar-refractivity contribution is 9.10. The van der Waals surface area contributed by atoms with Crippen LogP contribution in [0.25, 0.3) is 0 Å². The largest absolute Gasteiger partial charge is 0.486 e. The maximum atomic E-state index is 14.1. The number of hydrogen-bond donors (Lipinski definition) is 1. The number of carbonyl (C=O) groups excluding carboxylic acids is 1. The average Bonchev–Trinajstić information content (AvgIpc) is 2.49. The summed E-state index contributed by atoms with van der Waals surface area (Å²) in [5, 5.41) is 17.8. The second-order valence-electron chi connectivity index (χ2n) is 4.71. The Hall–Kier alpha value is -1.65. The Morgan fingerprint density at radius 1 is 1.62 bits per heavy atom. The number of nitriles is 1. The summed E-state index contributed by atoms with van der Waals surface area (Å²) < 4.78 is 20.4. The van der Waals surface area contributed by atoms with Gasteiger partial charge in [-0.25, -0.2) is 4.39 Å². The number of benzene rings is 1. The van der Waals surface area contributed by atoms with E-state index in [1.165, 1.54) is 4.90 Å². The van der Waals surface area contributed by atoms with E-state index in [4.69, 9.17) is 15.1 Å². The third-order valence-corrected chi connectivity index (χ3v) is 3.80. The van der Waals surface area contributed by atoms with Crippen molar-refractivity contribution in [1.29, 1.82) is 5.26 Å². The van der Waals surface area contributed by atoms with E-state index in [0.717, 1.165) is 4.47 Å². The van der Waals surface area contributed by atoms with Crippen molar-refractivity contribution < 1.29 is 19.0 Å². The van der Waals surface area contributed by atoms with Gasteiger partial charge >= 0.3 is 0 Å². The first kappa shape index (κ1) is 15.7. The summed E-state index contributed by atoms with van der Waals surface area (Å²) in [6, 6.07) is 6.93. The molecule has 0 unspecified atom stereocenters. The summed E-state index contributed by atoms with van der Waals surface area (Å²) in [5.41, 5.74) is 0.324. The highest BCUT2D eigenvalue weighted by Crippen LogP contribution is 2.26. The summed E-state index contributed by atoms with van der Waals surface area (Å²) in [5.74, 6) is -0.159. The summed E-state index contributed by atoms with van der Waals surface area (Å²) in [6.07, 6.45) is -1.75. The van der Waals surface area contributed by atoms with E-state index in [2.05, 4.69) is 15.9 Å². The Kier molecular flexibility index (Phi) is 5.15. The van der Waals surface area contributed by atoms with Crippen molar-refractivity contribution in [1.82, 2.24) is 4.90 Å². The van der Waals surface area contributed by atoms with Crippen LogP contribution in [0.3, 0.4) is 0 Å². The predicted octanol–water partition coefficient (Wildman–Crippen LogP) is 1.63. The van der Waals surface area contributed by atoms with Crippen molar-refractivity contribution >= 4 is 21.8 Å². The average molecular weight is 357 g/mol. The second kappa shape index (κ2) is 6.87. The van der Waals surface area contributed by atoms with Gasteiger partial charge in [-0.3, -0.25) is 4.79 Å². The van der Waals surface area contributed by atoms with Gasteiger partial charge in [0.05, 0.1) is 12.1 Å². The van der Waals surface area contributed by atoms with Crippen molar-refractivity contribution in [2.45, 2.75) is 18.7 Å². The quantitative estimate of drug-likeness (QED) is 0.893. The number of likely N-dealkylation sites (tertiary alicyclic amines) is 1. The van der Waals surface area contributed by atoms with Crippen LogP contribution in [0.15, 0.2) is 22.7 Å². The number of nitrogens with zero attached hydrogens (tertiary/aromatic N) is 2. The van der Waals surface area contributed by atoms with Crippen LogP contribution in [0.2, 0.25) is 0 Å². The van der Waals surface area contributed by atoms with Crippen LogP contribution < -0.4 is 4.74 Å². The van der Waals surface area contributed by atoms with Crippen LogP contribution >= 0.6 is 15.9 Å². The van der Waals surface area contributed by atoms with E-state index in [9.17, 15) is 9.18 Å². The number of piperidine rings is 1. The molecular weight excluding hydrogens is 343 g/mol. The van der Waals surface area contributed by atoms with Gasteiger partial charge in [-0.05, 0) is 18.2 Å². The van der Waals surface area contributed by atoms with Crippen LogP contribution in [0, 0.1) is 11.3 Å². The summed E-state index contributed by atoms with van der Waals surface area (Å²) in [6.45, 7) is -0.408. The van der Waals surface area contributed by atoms with Gasteiger partial charge in [0.15, 0.2) is 6.17 Å². The number of aliphatic hydroxyl groups is 1. The van der Waals surface area contributed by atoms with E-state index >= 15 is 0 Å². The highest BCUT2D eigenvalue weighted by atomic mass is 79.9. The van der Waals surface area contributed by atoms with Gasteiger partial charge in [-0.1, -0.05) is 15.9 Å². The van der Waals surface area contributed by atoms with Crippen LogP contribution in [0.4, 0.5) is 4.39 Å². The van der Waals surface area contributed by atoms with Crippen LogP contribution in [-0.4, -0.2) is 47.9 Å². The van der Waals surface area contributed by atoms with Gasteiger partial charge in [-0.2, -0.15) is 5.26 Å². The molecule has 7 heteroatoms. The minimum Gasteiger partial charge on any atom is -0.486 e. The van der Waals surface area contributed by atoms with Crippen LogP contribution in [-0.2, 0) is 4.79 Å². The molecule has 0 aromatic heterocycles. The summed E-state index contributed by atoms with van der Waals surface area (Å²) in [4.78, 5) is 12.6. The third-order valence-electron chi connectivity index (χ3n) is 3.31. The predicted molar refractivity (Wildman–Crippen MR) is 76.5 cm³/mol. The summed E-state index contributed by atoms with van der Waals surface area (Å²) in [7, 11) is 0. The molecule has 1 saturated heterocycles. The Bertz CT molecular complexity index is 576. The normalized spacial score (nSPS) is 21.7. The number of carbonyl (C=O) groups is 1. The first-order chi connectivity index (χ1) is 10.0. The molecule has 1 aliphatic heterocycles. The molecule has 0 spiro atoms. The maximum Gasteiger partial charge on any atom is 0.248 e. The van der Waals surface area contributed by atoms with Crippen molar-refractivity contribution in [3.05, 3.63) is 28.2 Å². The van der Waals surface area contributed by atoms with Crippen molar-refractivity contribution in [2.24, 2.45) is 0 Å². The minimum atomic E-state index is -1.36. The molecule has 1 amide bonds. The molecule has 0 saturated carbocycles. The topological polar surface area (TPSA) is 73.6 Å². The first-order valence-electron chi connectivity index (χ1n) is 6.44. The zero-order valence-corrected chi connectivity index (χ0v) is 12.7. The Balaban J connectivity index is 2.05. The van der Waals surface area contributed by atoms with Crippen molar-refractivity contribution in [2.75, 3.05) is 19.7 Å². The Labute approximate surface area is 130 Å². The van der Waals surface area contributed by atoms with Crippen molar-refractivity contribution in [3.63, 3.8) is 0 Å². The Morgan fingerprint density at radius 2 is 2.38 bits per heavy atom. The van der Waals surface area contributed by atoms with Crippen LogP contribution in [0.5, 0.6) is 5.75 Å². The number of halogens is 2. The van der Waals surface area contributed by atoms with Gasteiger partial charge in [0.25, 0.3) is 0 Å². The molecule has 112 valence electrons. The minimum absolute atomic E-state index is 0.109. The molecule has 21 heavy (non-hydrogen) atoms. The monoisotopic (exact) mass is 356 g/mol. The molecule has 5 nitrogen and oxygen atoms in total.